The molecule has 1 aliphatic heterocycles. The van der Waals surface area contributed by atoms with E-state index in [0.717, 1.165) is 32.7 Å². The summed E-state index contributed by atoms with van der Waals surface area (Å²) in [7, 11) is 2.20. The Labute approximate surface area is 87.8 Å². The van der Waals surface area contributed by atoms with Crippen LogP contribution in [0.1, 0.15) is 26.2 Å². The van der Waals surface area contributed by atoms with Crippen LogP contribution in [0.25, 0.3) is 0 Å². The Bertz CT molecular complexity index is 135. The summed E-state index contributed by atoms with van der Waals surface area (Å²) < 4.78 is 5.64. The number of nitrogens with zero attached hydrogens (tertiary/aromatic N) is 1. The molecule has 0 amide bonds. The van der Waals surface area contributed by atoms with Crippen molar-refractivity contribution in [3.05, 3.63) is 0 Å². The summed E-state index contributed by atoms with van der Waals surface area (Å²) in [5.74, 6) is 0. The van der Waals surface area contributed by atoms with Crippen LogP contribution in [0.2, 0.25) is 0 Å². The molecule has 1 saturated heterocycles. The summed E-state index contributed by atoms with van der Waals surface area (Å²) in [4.78, 5) is 2.40. The number of hydrogen-bond acceptors (Lipinski definition) is 3. The highest BCUT2D eigenvalue weighted by Crippen LogP contribution is 2.03. The van der Waals surface area contributed by atoms with E-state index in [1.54, 1.807) is 0 Å². The zero-order valence-corrected chi connectivity index (χ0v) is 9.59. The zero-order chi connectivity index (χ0) is 10.2. The lowest BCUT2D eigenvalue weighted by Gasteiger charge is -2.25. The van der Waals surface area contributed by atoms with E-state index in [2.05, 4.69) is 24.2 Å². The molecule has 1 fully saturated rings. The first-order valence-electron chi connectivity index (χ1n) is 5.83. The number of nitrogens with one attached hydrogen (secondary N) is 1. The Morgan fingerprint density at radius 3 is 2.93 bits per heavy atom. The minimum Gasteiger partial charge on any atom is -0.376 e. The molecule has 1 atom stereocenters. The van der Waals surface area contributed by atoms with Crippen molar-refractivity contribution in [2.45, 2.75) is 32.3 Å². The van der Waals surface area contributed by atoms with Crippen molar-refractivity contribution in [1.29, 1.82) is 0 Å². The van der Waals surface area contributed by atoms with E-state index in [0.29, 0.717) is 6.10 Å². The summed E-state index contributed by atoms with van der Waals surface area (Å²) in [5.41, 5.74) is 0. The largest absolute Gasteiger partial charge is 0.376 e. The van der Waals surface area contributed by atoms with Crippen LogP contribution in [0.15, 0.2) is 0 Å². The van der Waals surface area contributed by atoms with E-state index in [4.69, 9.17) is 4.74 Å². The minimum absolute atomic E-state index is 0.438. The number of ether oxygens (including phenoxy) is 1. The molecule has 1 unspecified atom stereocenters. The summed E-state index contributed by atoms with van der Waals surface area (Å²) in [6.45, 7) is 7.54. The molecule has 0 aromatic heterocycles. The lowest BCUT2D eigenvalue weighted by Crippen LogP contribution is -2.40. The maximum atomic E-state index is 5.64. The van der Waals surface area contributed by atoms with Gasteiger partial charge in [0.15, 0.2) is 0 Å². The van der Waals surface area contributed by atoms with Crippen LogP contribution in [-0.4, -0.2) is 50.8 Å². The van der Waals surface area contributed by atoms with Gasteiger partial charge in [0.2, 0.25) is 0 Å². The van der Waals surface area contributed by atoms with Crippen molar-refractivity contribution >= 4 is 0 Å². The van der Waals surface area contributed by atoms with Crippen molar-refractivity contribution in [1.82, 2.24) is 10.2 Å². The number of hydrogen-bond donors (Lipinski definition) is 1. The second-order valence-electron chi connectivity index (χ2n) is 4.14. The molecule has 0 aromatic rings. The van der Waals surface area contributed by atoms with Gasteiger partial charge in [0.1, 0.15) is 0 Å². The van der Waals surface area contributed by atoms with Crippen LogP contribution in [0.5, 0.6) is 0 Å². The van der Waals surface area contributed by atoms with Gasteiger partial charge in [-0.25, -0.2) is 0 Å². The predicted molar refractivity (Wildman–Crippen MR) is 59.6 cm³/mol. The number of unbranched alkanes of at least 4 members (excludes halogenated alkanes) is 1. The Hall–Kier alpha value is -0.120. The third-order valence-electron chi connectivity index (χ3n) is 2.73. The van der Waals surface area contributed by atoms with Gasteiger partial charge in [-0.1, -0.05) is 13.3 Å². The van der Waals surface area contributed by atoms with Crippen molar-refractivity contribution in [2.24, 2.45) is 0 Å². The van der Waals surface area contributed by atoms with Crippen LogP contribution in [0.3, 0.4) is 0 Å². The maximum absolute atomic E-state index is 5.64. The molecule has 14 heavy (non-hydrogen) atoms. The third kappa shape index (κ3) is 4.94. The van der Waals surface area contributed by atoms with Gasteiger partial charge in [0.05, 0.1) is 12.7 Å². The molecule has 1 rings (SSSR count). The van der Waals surface area contributed by atoms with Crippen molar-refractivity contribution in [2.75, 3.05) is 39.8 Å². The van der Waals surface area contributed by atoms with Gasteiger partial charge in [-0.15, -0.1) is 0 Å². The van der Waals surface area contributed by atoms with Gasteiger partial charge in [-0.05, 0) is 26.4 Å². The first-order chi connectivity index (χ1) is 6.83. The van der Waals surface area contributed by atoms with Crippen molar-refractivity contribution < 1.29 is 4.74 Å². The van der Waals surface area contributed by atoms with Gasteiger partial charge in [0, 0.05) is 19.6 Å². The molecule has 84 valence electrons. The molecule has 3 heteroatoms. The average molecular weight is 200 g/mol. The lowest BCUT2D eigenvalue weighted by molar-refractivity contribution is 0.0187. The Morgan fingerprint density at radius 1 is 1.43 bits per heavy atom. The van der Waals surface area contributed by atoms with E-state index < -0.39 is 0 Å². The van der Waals surface area contributed by atoms with Crippen LogP contribution >= 0.6 is 0 Å². The van der Waals surface area contributed by atoms with Crippen LogP contribution < -0.4 is 5.32 Å². The summed E-state index contributed by atoms with van der Waals surface area (Å²) >= 11 is 0. The van der Waals surface area contributed by atoms with Crippen LogP contribution in [0.4, 0.5) is 0 Å². The quantitative estimate of drug-likeness (QED) is 0.695. The van der Waals surface area contributed by atoms with E-state index in [9.17, 15) is 0 Å². The number of rotatable bonds is 6. The number of morpholine rings is 1. The lowest BCUT2D eigenvalue weighted by atomic mass is 10.2. The van der Waals surface area contributed by atoms with E-state index in [1.807, 2.05) is 0 Å². The first kappa shape index (κ1) is 12.0. The normalized spacial score (nSPS) is 22.9. The van der Waals surface area contributed by atoms with E-state index in [-0.39, 0.29) is 0 Å². The molecule has 1 aliphatic rings. The topological polar surface area (TPSA) is 24.5 Å². The third-order valence-corrected chi connectivity index (χ3v) is 2.73. The average Bonchev–Trinajstić information content (AvgIpc) is 2.25. The molecular formula is C11H24N2O. The maximum Gasteiger partial charge on any atom is 0.0712 e. The second kappa shape index (κ2) is 7.21. The van der Waals surface area contributed by atoms with Gasteiger partial charge in [0.25, 0.3) is 0 Å². The molecule has 0 radical (unpaired) electrons. The van der Waals surface area contributed by atoms with Crippen LogP contribution in [0, 0.1) is 0 Å². The first-order valence-corrected chi connectivity index (χ1v) is 5.83. The molecule has 3 nitrogen and oxygen atoms in total. The van der Waals surface area contributed by atoms with Gasteiger partial charge >= 0.3 is 0 Å². The summed E-state index contributed by atoms with van der Waals surface area (Å²) in [5, 5.41) is 3.36. The molecule has 1 N–H and O–H groups in total. The Kier molecular flexibility index (Phi) is 6.15. The molecule has 0 spiro atoms. The monoisotopic (exact) mass is 200 g/mol. The van der Waals surface area contributed by atoms with E-state index in [1.165, 1.54) is 19.4 Å². The minimum atomic E-state index is 0.438. The SMILES string of the molecule is CCCCN(C)CCC1CNCCO1. The molecule has 0 bridgehead atoms. The summed E-state index contributed by atoms with van der Waals surface area (Å²) in [6, 6.07) is 0. The Morgan fingerprint density at radius 2 is 2.29 bits per heavy atom. The standard InChI is InChI=1S/C11H24N2O/c1-3-4-7-13(2)8-5-11-10-12-6-9-14-11/h11-12H,3-10H2,1-2H3. The van der Waals surface area contributed by atoms with Crippen molar-refractivity contribution in [3.8, 4) is 0 Å². The highest BCUT2D eigenvalue weighted by Gasteiger charge is 2.13. The van der Waals surface area contributed by atoms with Gasteiger partial charge in [-0.2, -0.15) is 0 Å². The van der Waals surface area contributed by atoms with E-state index >= 15 is 0 Å². The Balaban J connectivity index is 2.00. The zero-order valence-electron chi connectivity index (χ0n) is 9.59. The fourth-order valence-corrected chi connectivity index (χ4v) is 1.71. The fourth-order valence-electron chi connectivity index (χ4n) is 1.71. The van der Waals surface area contributed by atoms with Gasteiger partial charge in [-0.3, -0.25) is 0 Å². The molecule has 1 heterocycles. The summed E-state index contributed by atoms with van der Waals surface area (Å²) in [6.07, 6.45) is 4.19. The second-order valence-corrected chi connectivity index (χ2v) is 4.14. The molecular weight excluding hydrogens is 176 g/mol. The molecule has 0 saturated carbocycles. The van der Waals surface area contributed by atoms with Crippen LogP contribution in [-0.2, 0) is 4.74 Å². The van der Waals surface area contributed by atoms with Gasteiger partial charge < -0.3 is 15.0 Å². The van der Waals surface area contributed by atoms with Crippen molar-refractivity contribution in [3.63, 3.8) is 0 Å². The highest BCUT2D eigenvalue weighted by molar-refractivity contribution is 4.68. The predicted octanol–water partition coefficient (Wildman–Crippen LogP) is 1.10. The smallest absolute Gasteiger partial charge is 0.0712 e. The molecule has 0 aromatic carbocycles. The highest BCUT2D eigenvalue weighted by atomic mass is 16.5. The molecule has 0 aliphatic carbocycles. The fraction of sp³-hybridized carbons (Fsp3) is 1.00.